The summed E-state index contributed by atoms with van der Waals surface area (Å²) in [6, 6.07) is 6.04. The molecule has 5 nitrogen and oxygen atoms in total. The lowest BCUT2D eigenvalue weighted by molar-refractivity contribution is -0.153. The molecular formula is C17H19F3N2O3. The molecule has 2 rings (SSSR count). The van der Waals surface area contributed by atoms with Gasteiger partial charge in [0.1, 0.15) is 11.3 Å². The molecule has 1 amide bonds. The lowest BCUT2D eigenvalue weighted by Crippen LogP contribution is -2.24. The summed E-state index contributed by atoms with van der Waals surface area (Å²) >= 11 is 0. The Morgan fingerprint density at radius 1 is 1.28 bits per heavy atom. The van der Waals surface area contributed by atoms with Crippen molar-refractivity contribution < 1.29 is 27.2 Å². The molecule has 0 atom stereocenters. The minimum Gasteiger partial charge on any atom is -0.484 e. The Labute approximate surface area is 143 Å². The quantitative estimate of drug-likeness (QED) is 0.850. The third-order valence-corrected chi connectivity index (χ3v) is 3.42. The lowest BCUT2D eigenvalue weighted by atomic mass is 10.0. The Hall–Kier alpha value is -2.51. The maximum Gasteiger partial charge on any atom is 0.422 e. The summed E-state index contributed by atoms with van der Waals surface area (Å²) in [6.45, 7) is 4.37. The smallest absolute Gasteiger partial charge is 0.422 e. The van der Waals surface area contributed by atoms with Crippen molar-refractivity contribution in [3.63, 3.8) is 0 Å². The zero-order valence-electron chi connectivity index (χ0n) is 14.1. The van der Waals surface area contributed by atoms with Crippen LogP contribution in [0.25, 0.3) is 0 Å². The summed E-state index contributed by atoms with van der Waals surface area (Å²) < 4.78 is 46.1. The van der Waals surface area contributed by atoms with Crippen LogP contribution in [-0.2, 0) is 6.54 Å². The molecule has 1 aromatic heterocycles. The van der Waals surface area contributed by atoms with Crippen LogP contribution in [0.2, 0.25) is 0 Å². The van der Waals surface area contributed by atoms with E-state index >= 15 is 0 Å². The van der Waals surface area contributed by atoms with Crippen molar-refractivity contribution in [2.24, 2.45) is 0 Å². The first-order valence-corrected chi connectivity index (χ1v) is 7.70. The Morgan fingerprint density at radius 2 is 1.92 bits per heavy atom. The van der Waals surface area contributed by atoms with Crippen molar-refractivity contribution in [3.05, 3.63) is 46.8 Å². The van der Waals surface area contributed by atoms with E-state index in [0.717, 1.165) is 5.56 Å². The molecule has 2 aromatic rings. The van der Waals surface area contributed by atoms with E-state index in [0.29, 0.717) is 17.0 Å². The predicted molar refractivity (Wildman–Crippen MR) is 84.5 cm³/mol. The summed E-state index contributed by atoms with van der Waals surface area (Å²) in [5.74, 6) is 0.349. The molecule has 0 bridgehead atoms. The van der Waals surface area contributed by atoms with Gasteiger partial charge in [-0.1, -0.05) is 31.1 Å². The van der Waals surface area contributed by atoms with Gasteiger partial charge < -0.3 is 14.6 Å². The van der Waals surface area contributed by atoms with Crippen LogP contribution in [0.3, 0.4) is 0 Å². The van der Waals surface area contributed by atoms with Crippen LogP contribution in [0.5, 0.6) is 5.75 Å². The highest BCUT2D eigenvalue weighted by atomic mass is 19.4. The fourth-order valence-electron chi connectivity index (χ4n) is 2.20. The summed E-state index contributed by atoms with van der Waals surface area (Å²) in [5, 5.41) is 6.57. The molecular weight excluding hydrogens is 337 g/mol. The molecule has 0 fully saturated rings. The summed E-state index contributed by atoms with van der Waals surface area (Å²) in [6.07, 6.45) is -4.38. The third kappa shape index (κ3) is 5.23. The molecule has 8 heteroatoms. The number of amides is 1. The molecule has 1 heterocycles. The van der Waals surface area contributed by atoms with E-state index in [4.69, 9.17) is 4.52 Å². The average molecular weight is 356 g/mol. The zero-order chi connectivity index (χ0) is 18.6. The monoisotopic (exact) mass is 356 g/mol. The minimum atomic E-state index is -4.38. The molecule has 0 aliphatic heterocycles. The SMILES string of the molecule is Cc1noc(C(C)C)c1C(=O)NCc1ccc(OCC(F)(F)F)cc1. The highest BCUT2D eigenvalue weighted by molar-refractivity contribution is 5.96. The van der Waals surface area contributed by atoms with Crippen LogP contribution in [-0.4, -0.2) is 23.8 Å². The van der Waals surface area contributed by atoms with Crippen LogP contribution >= 0.6 is 0 Å². The van der Waals surface area contributed by atoms with Crippen molar-refractivity contribution in [1.29, 1.82) is 0 Å². The standard InChI is InChI=1S/C17H19F3N2O3/c1-10(2)15-14(11(3)22-25-15)16(23)21-8-12-4-6-13(7-5-12)24-9-17(18,19)20/h4-7,10H,8-9H2,1-3H3,(H,21,23). The van der Waals surface area contributed by atoms with Crippen molar-refractivity contribution in [2.75, 3.05) is 6.61 Å². The Balaban J connectivity index is 1.95. The van der Waals surface area contributed by atoms with E-state index in [9.17, 15) is 18.0 Å². The maximum atomic E-state index is 12.3. The Morgan fingerprint density at radius 3 is 2.48 bits per heavy atom. The van der Waals surface area contributed by atoms with Crippen LogP contribution in [0.4, 0.5) is 13.2 Å². The van der Waals surface area contributed by atoms with Crippen molar-refractivity contribution >= 4 is 5.91 Å². The second-order valence-electron chi connectivity index (χ2n) is 5.89. The van der Waals surface area contributed by atoms with Gasteiger partial charge in [0, 0.05) is 12.5 Å². The van der Waals surface area contributed by atoms with E-state index in [1.54, 1.807) is 19.1 Å². The molecule has 136 valence electrons. The number of halogens is 3. The second-order valence-corrected chi connectivity index (χ2v) is 5.89. The molecule has 1 aromatic carbocycles. The number of carbonyl (C=O) groups is 1. The number of hydrogen-bond acceptors (Lipinski definition) is 4. The summed E-state index contributed by atoms with van der Waals surface area (Å²) in [5.41, 5.74) is 1.66. The number of nitrogens with zero attached hydrogens (tertiary/aromatic N) is 1. The van der Waals surface area contributed by atoms with Gasteiger partial charge in [0.15, 0.2) is 12.4 Å². The molecule has 0 radical (unpaired) electrons. The fraction of sp³-hybridized carbons (Fsp3) is 0.412. The van der Waals surface area contributed by atoms with Gasteiger partial charge in [-0.05, 0) is 24.6 Å². The molecule has 0 saturated heterocycles. The number of alkyl halides is 3. The molecule has 1 N–H and O–H groups in total. The maximum absolute atomic E-state index is 12.3. The van der Waals surface area contributed by atoms with Gasteiger partial charge >= 0.3 is 6.18 Å². The van der Waals surface area contributed by atoms with Crippen LogP contribution in [0.15, 0.2) is 28.8 Å². The first-order chi connectivity index (χ1) is 11.7. The van der Waals surface area contributed by atoms with Crippen molar-refractivity contribution in [1.82, 2.24) is 10.5 Å². The Bertz CT molecular complexity index is 722. The Kier molecular flexibility index (Phi) is 5.71. The number of aryl methyl sites for hydroxylation is 1. The number of benzene rings is 1. The number of rotatable bonds is 6. The number of nitrogens with one attached hydrogen (secondary N) is 1. The fourth-order valence-corrected chi connectivity index (χ4v) is 2.20. The average Bonchev–Trinajstić information content (AvgIpc) is 2.93. The number of ether oxygens (including phenoxy) is 1. The first kappa shape index (κ1) is 18.8. The van der Waals surface area contributed by atoms with Gasteiger partial charge in [0.2, 0.25) is 0 Å². The van der Waals surface area contributed by atoms with Gasteiger partial charge in [-0.2, -0.15) is 13.2 Å². The topological polar surface area (TPSA) is 64.4 Å². The first-order valence-electron chi connectivity index (χ1n) is 7.70. The van der Waals surface area contributed by atoms with Gasteiger partial charge in [-0.3, -0.25) is 4.79 Å². The molecule has 0 spiro atoms. The zero-order valence-corrected chi connectivity index (χ0v) is 14.1. The van der Waals surface area contributed by atoms with E-state index < -0.39 is 12.8 Å². The molecule has 0 unspecified atom stereocenters. The van der Waals surface area contributed by atoms with Gasteiger partial charge in [-0.25, -0.2) is 0 Å². The van der Waals surface area contributed by atoms with E-state index in [1.165, 1.54) is 12.1 Å². The molecule has 0 aliphatic rings. The molecule has 0 aliphatic carbocycles. The van der Waals surface area contributed by atoms with Gasteiger partial charge in [-0.15, -0.1) is 0 Å². The van der Waals surface area contributed by atoms with Crippen LogP contribution < -0.4 is 10.1 Å². The van der Waals surface area contributed by atoms with Gasteiger partial charge in [0.25, 0.3) is 5.91 Å². The van der Waals surface area contributed by atoms with Crippen LogP contribution in [0, 0.1) is 6.92 Å². The highest BCUT2D eigenvalue weighted by Crippen LogP contribution is 2.22. The van der Waals surface area contributed by atoms with Gasteiger partial charge in [0.05, 0.1) is 5.69 Å². The number of aromatic nitrogens is 1. The van der Waals surface area contributed by atoms with Crippen LogP contribution in [0.1, 0.15) is 47.1 Å². The molecule has 0 saturated carbocycles. The van der Waals surface area contributed by atoms with E-state index in [-0.39, 0.29) is 24.1 Å². The van der Waals surface area contributed by atoms with Crippen molar-refractivity contribution in [3.8, 4) is 5.75 Å². The van der Waals surface area contributed by atoms with Crippen molar-refractivity contribution in [2.45, 2.75) is 39.4 Å². The highest BCUT2D eigenvalue weighted by Gasteiger charge is 2.28. The second kappa shape index (κ2) is 7.58. The lowest BCUT2D eigenvalue weighted by Gasteiger charge is -2.10. The number of carbonyl (C=O) groups excluding carboxylic acids is 1. The van der Waals surface area contributed by atoms with E-state index in [2.05, 4.69) is 15.2 Å². The summed E-state index contributed by atoms with van der Waals surface area (Å²) in [4.78, 5) is 12.3. The summed E-state index contributed by atoms with van der Waals surface area (Å²) in [7, 11) is 0. The predicted octanol–water partition coefficient (Wildman–Crippen LogP) is 3.98. The molecule has 25 heavy (non-hydrogen) atoms. The third-order valence-electron chi connectivity index (χ3n) is 3.42. The largest absolute Gasteiger partial charge is 0.484 e. The van der Waals surface area contributed by atoms with E-state index in [1.807, 2.05) is 13.8 Å². The normalized spacial score (nSPS) is 11.6. The number of hydrogen-bond donors (Lipinski definition) is 1. The minimum absolute atomic E-state index is 0.0204.